The molecular weight excluding hydrogens is 292 g/mol. The SMILES string of the molecule is CN(C)C(=O)N(Cc1ccco1)Cc1cc(O)ccc1Cl. The number of nitrogens with zero attached hydrogens (tertiary/aromatic N) is 2. The van der Waals surface area contributed by atoms with Crippen LogP contribution in [0.3, 0.4) is 0 Å². The van der Waals surface area contributed by atoms with E-state index < -0.39 is 0 Å². The minimum Gasteiger partial charge on any atom is -0.508 e. The zero-order chi connectivity index (χ0) is 15.4. The van der Waals surface area contributed by atoms with Crippen LogP contribution in [0.15, 0.2) is 41.0 Å². The van der Waals surface area contributed by atoms with Gasteiger partial charge in [-0.05, 0) is 35.9 Å². The predicted octanol–water partition coefficient (Wildman–Crippen LogP) is 3.32. The lowest BCUT2D eigenvalue weighted by atomic mass is 10.2. The number of carbonyl (C=O) groups is 1. The first-order chi connectivity index (χ1) is 9.97. The number of urea groups is 1. The fourth-order valence-electron chi connectivity index (χ4n) is 1.95. The number of furan rings is 1. The third-order valence-electron chi connectivity index (χ3n) is 2.97. The van der Waals surface area contributed by atoms with Crippen LogP contribution in [-0.4, -0.2) is 35.0 Å². The molecule has 0 unspecified atom stereocenters. The van der Waals surface area contributed by atoms with Crippen molar-refractivity contribution in [2.45, 2.75) is 13.1 Å². The second-order valence-electron chi connectivity index (χ2n) is 4.89. The van der Waals surface area contributed by atoms with Crippen molar-refractivity contribution in [2.75, 3.05) is 14.1 Å². The molecule has 1 aromatic heterocycles. The Morgan fingerprint density at radius 3 is 2.67 bits per heavy atom. The molecule has 0 aliphatic carbocycles. The van der Waals surface area contributed by atoms with E-state index in [2.05, 4.69) is 0 Å². The number of phenols is 1. The molecule has 0 atom stereocenters. The fraction of sp³-hybridized carbons (Fsp3) is 0.267. The van der Waals surface area contributed by atoms with Crippen molar-refractivity contribution in [1.29, 1.82) is 0 Å². The quantitative estimate of drug-likeness (QED) is 0.942. The van der Waals surface area contributed by atoms with Crippen molar-refractivity contribution in [3.05, 3.63) is 52.9 Å². The normalized spacial score (nSPS) is 10.4. The number of aromatic hydroxyl groups is 1. The molecule has 1 aromatic carbocycles. The molecule has 0 saturated heterocycles. The summed E-state index contributed by atoms with van der Waals surface area (Å²) in [6.45, 7) is 0.612. The number of benzene rings is 1. The molecule has 1 N–H and O–H groups in total. The van der Waals surface area contributed by atoms with Gasteiger partial charge in [0.2, 0.25) is 0 Å². The van der Waals surface area contributed by atoms with Gasteiger partial charge in [0.05, 0.1) is 12.8 Å². The predicted molar refractivity (Wildman–Crippen MR) is 80.2 cm³/mol. The molecular formula is C15H17ClN2O3. The Hall–Kier alpha value is -2.14. The summed E-state index contributed by atoms with van der Waals surface area (Å²) >= 11 is 6.12. The van der Waals surface area contributed by atoms with Crippen LogP contribution >= 0.6 is 11.6 Å². The summed E-state index contributed by atoms with van der Waals surface area (Å²) < 4.78 is 5.29. The number of halogens is 1. The average molecular weight is 309 g/mol. The fourth-order valence-corrected chi connectivity index (χ4v) is 2.13. The van der Waals surface area contributed by atoms with E-state index in [1.165, 1.54) is 11.0 Å². The molecule has 0 fully saturated rings. The molecule has 0 radical (unpaired) electrons. The summed E-state index contributed by atoms with van der Waals surface area (Å²) in [7, 11) is 3.36. The number of rotatable bonds is 4. The molecule has 1 heterocycles. The van der Waals surface area contributed by atoms with Crippen LogP contribution in [0.4, 0.5) is 4.79 Å². The van der Waals surface area contributed by atoms with Gasteiger partial charge in [0, 0.05) is 25.7 Å². The zero-order valence-electron chi connectivity index (χ0n) is 11.9. The molecule has 5 nitrogen and oxygen atoms in total. The molecule has 112 valence electrons. The molecule has 0 saturated carbocycles. The minimum atomic E-state index is -0.161. The lowest BCUT2D eigenvalue weighted by Crippen LogP contribution is -2.38. The zero-order valence-corrected chi connectivity index (χ0v) is 12.7. The maximum Gasteiger partial charge on any atom is 0.320 e. The summed E-state index contributed by atoms with van der Waals surface area (Å²) in [4.78, 5) is 15.4. The second kappa shape index (κ2) is 6.54. The summed E-state index contributed by atoms with van der Waals surface area (Å²) in [6, 6.07) is 8.09. The van der Waals surface area contributed by atoms with Gasteiger partial charge in [-0.15, -0.1) is 0 Å². The van der Waals surface area contributed by atoms with Crippen molar-refractivity contribution in [3.63, 3.8) is 0 Å². The van der Waals surface area contributed by atoms with E-state index in [4.69, 9.17) is 16.0 Å². The van der Waals surface area contributed by atoms with E-state index in [1.807, 2.05) is 0 Å². The van der Waals surface area contributed by atoms with Gasteiger partial charge in [-0.2, -0.15) is 0 Å². The Kier molecular flexibility index (Phi) is 4.75. The highest BCUT2D eigenvalue weighted by atomic mass is 35.5. The van der Waals surface area contributed by atoms with Crippen LogP contribution in [0.25, 0.3) is 0 Å². The number of carbonyl (C=O) groups excluding carboxylic acids is 1. The standard InChI is InChI=1S/C15H17ClN2O3/c1-17(2)15(20)18(10-13-4-3-7-21-13)9-11-8-12(19)5-6-14(11)16/h3-8,19H,9-10H2,1-2H3. The average Bonchev–Trinajstić information content (AvgIpc) is 2.94. The third-order valence-corrected chi connectivity index (χ3v) is 3.34. The van der Waals surface area contributed by atoms with Crippen molar-refractivity contribution in [1.82, 2.24) is 9.80 Å². The van der Waals surface area contributed by atoms with Crippen LogP contribution in [-0.2, 0) is 13.1 Å². The molecule has 0 aliphatic heterocycles. The van der Waals surface area contributed by atoms with E-state index >= 15 is 0 Å². The van der Waals surface area contributed by atoms with Crippen LogP contribution in [0, 0.1) is 0 Å². The van der Waals surface area contributed by atoms with E-state index in [-0.39, 0.29) is 18.3 Å². The van der Waals surface area contributed by atoms with Gasteiger partial charge in [0.25, 0.3) is 0 Å². The summed E-state index contributed by atoms with van der Waals surface area (Å²) in [5.41, 5.74) is 0.679. The van der Waals surface area contributed by atoms with Gasteiger partial charge in [0.15, 0.2) is 0 Å². The molecule has 2 amide bonds. The number of hydrogen-bond acceptors (Lipinski definition) is 3. The number of amides is 2. The Bertz CT molecular complexity index is 611. The Balaban J connectivity index is 2.22. The van der Waals surface area contributed by atoms with Crippen LogP contribution in [0.1, 0.15) is 11.3 Å². The molecule has 21 heavy (non-hydrogen) atoms. The summed E-state index contributed by atoms with van der Waals surface area (Å²) in [5.74, 6) is 0.797. The summed E-state index contributed by atoms with van der Waals surface area (Å²) in [5, 5.41) is 10.1. The van der Waals surface area contributed by atoms with Gasteiger partial charge in [-0.1, -0.05) is 11.6 Å². The Labute approximate surface area is 128 Å². The smallest absolute Gasteiger partial charge is 0.320 e. The lowest BCUT2D eigenvalue weighted by Gasteiger charge is -2.25. The topological polar surface area (TPSA) is 56.9 Å². The molecule has 0 aliphatic rings. The Morgan fingerprint density at radius 1 is 1.29 bits per heavy atom. The molecule has 0 bridgehead atoms. The highest BCUT2D eigenvalue weighted by Crippen LogP contribution is 2.23. The second-order valence-corrected chi connectivity index (χ2v) is 5.30. The van der Waals surface area contributed by atoms with E-state index in [1.54, 1.807) is 49.5 Å². The van der Waals surface area contributed by atoms with Gasteiger partial charge in [0.1, 0.15) is 11.5 Å². The molecule has 2 rings (SSSR count). The van der Waals surface area contributed by atoms with Crippen LogP contribution in [0.2, 0.25) is 5.02 Å². The molecule has 6 heteroatoms. The first-order valence-electron chi connectivity index (χ1n) is 6.43. The van der Waals surface area contributed by atoms with Crippen molar-refractivity contribution in [2.24, 2.45) is 0 Å². The Morgan fingerprint density at radius 2 is 2.05 bits per heavy atom. The van der Waals surface area contributed by atoms with Gasteiger partial charge >= 0.3 is 6.03 Å². The molecule has 0 spiro atoms. The van der Waals surface area contributed by atoms with Crippen LogP contribution in [0.5, 0.6) is 5.75 Å². The van der Waals surface area contributed by atoms with Gasteiger partial charge in [-0.3, -0.25) is 0 Å². The summed E-state index contributed by atoms with van der Waals surface area (Å²) in [6.07, 6.45) is 1.56. The lowest BCUT2D eigenvalue weighted by molar-refractivity contribution is 0.161. The monoisotopic (exact) mass is 308 g/mol. The first kappa shape index (κ1) is 15.3. The van der Waals surface area contributed by atoms with Gasteiger partial charge in [-0.25, -0.2) is 4.79 Å². The first-order valence-corrected chi connectivity index (χ1v) is 6.81. The minimum absolute atomic E-state index is 0.115. The largest absolute Gasteiger partial charge is 0.508 e. The van der Waals surface area contributed by atoms with Crippen LogP contribution < -0.4 is 0 Å². The van der Waals surface area contributed by atoms with E-state index in [0.717, 1.165) is 0 Å². The van der Waals surface area contributed by atoms with Crippen molar-refractivity contribution >= 4 is 17.6 Å². The maximum absolute atomic E-state index is 12.3. The van der Waals surface area contributed by atoms with Crippen molar-refractivity contribution < 1.29 is 14.3 Å². The van der Waals surface area contributed by atoms with E-state index in [9.17, 15) is 9.90 Å². The number of phenolic OH excluding ortho intramolecular Hbond substituents is 1. The highest BCUT2D eigenvalue weighted by Gasteiger charge is 2.19. The highest BCUT2D eigenvalue weighted by molar-refractivity contribution is 6.31. The van der Waals surface area contributed by atoms with Gasteiger partial charge < -0.3 is 19.3 Å². The van der Waals surface area contributed by atoms with Crippen molar-refractivity contribution in [3.8, 4) is 5.75 Å². The molecule has 2 aromatic rings. The third kappa shape index (κ3) is 3.92. The van der Waals surface area contributed by atoms with E-state index in [0.29, 0.717) is 22.9 Å². The number of hydrogen-bond donors (Lipinski definition) is 1. The maximum atomic E-state index is 12.3.